The SMILES string of the molecule is C#Cc1cccc2cccc(-c3ncc4c(N5CC6CCC(C5)N6)nc(OCCN5CCN(C(=O)C6CCN(c7ccc8c(c7)CN(C7CCC(=O)NC7=O)C8=O)CC6)CC5)nc4c3F)c12.O=CO. The summed E-state index contributed by atoms with van der Waals surface area (Å²) in [6, 6.07) is 17.3. The molecule has 11 rings (SSSR count). The van der Waals surface area contributed by atoms with Gasteiger partial charge in [0, 0.05) is 124 Å². The van der Waals surface area contributed by atoms with E-state index >= 15 is 4.39 Å². The highest BCUT2D eigenvalue weighted by molar-refractivity contribution is 6.06. The molecule has 0 spiro atoms. The van der Waals surface area contributed by atoms with Gasteiger partial charge in [0.2, 0.25) is 17.7 Å². The molecule has 17 nitrogen and oxygen atoms in total. The number of anilines is 2. The lowest BCUT2D eigenvalue weighted by atomic mass is 9.94. The van der Waals surface area contributed by atoms with E-state index in [2.05, 4.69) is 41.2 Å². The van der Waals surface area contributed by atoms with Crippen molar-refractivity contribution < 1.29 is 38.2 Å². The van der Waals surface area contributed by atoms with Crippen molar-refractivity contribution >= 4 is 63.3 Å². The van der Waals surface area contributed by atoms with Crippen molar-refractivity contribution in [2.45, 2.75) is 63.2 Å². The van der Waals surface area contributed by atoms with Crippen LogP contribution in [0.15, 0.2) is 60.8 Å². The van der Waals surface area contributed by atoms with Crippen LogP contribution in [0, 0.1) is 24.1 Å². The second-order valence-electron chi connectivity index (χ2n) is 18.5. The standard InChI is InChI=1S/C50H51FN10O5.CH2O2/c1-2-30-5-3-6-31-7-4-8-38(42(30)31)44-43(51)45-39(26-52-44)46(60-28-34-9-10-35(29-60)53-34)56-50(55-45)66-24-23-57-19-21-59(22-20-57)48(64)32-15-17-58(18-16-32)36-11-12-37-33(25-36)27-61(49(37)65)40-13-14-41(62)54-47(40)63;2-1-3/h1,3-8,11-12,25-26,32,34-35,40,53H,9-10,13-24,27-29H2,(H,54,62,63);1H,(H,2,3). The van der Waals surface area contributed by atoms with Crippen molar-refractivity contribution in [1.29, 1.82) is 0 Å². The average molecular weight is 937 g/mol. The summed E-state index contributed by atoms with van der Waals surface area (Å²) in [7, 11) is 0. The molecule has 3 atom stereocenters. The van der Waals surface area contributed by atoms with Crippen molar-refractivity contribution in [1.82, 2.24) is 40.3 Å². The zero-order chi connectivity index (χ0) is 47.8. The van der Waals surface area contributed by atoms with E-state index in [1.807, 2.05) is 59.5 Å². The van der Waals surface area contributed by atoms with E-state index in [4.69, 9.17) is 26.0 Å². The van der Waals surface area contributed by atoms with Gasteiger partial charge in [-0.05, 0) is 67.3 Å². The number of piperidine rings is 2. The molecule has 3 unspecified atom stereocenters. The van der Waals surface area contributed by atoms with Gasteiger partial charge in [0.15, 0.2) is 5.82 Å². The minimum Gasteiger partial charge on any atom is -0.483 e. The topological polar surface area (TPSA) is 194 Å². The van der Waals surface area contributed by atoms with Gasteiger partial charge >= 0.3 is 6.01 Å². The highest BCUT2D eigenvalue weighted by atomic mass is 19.1. The van der Waals surface area contributed by atoms with Crippen LogP contribution in [-0.4, -0.2) is 148 Å². The lowest BCUT2D eigenvalue weighted by molar-refractivity contribution is -0.138. The summed E-state index contributed by atoms with van der Waals surface area (Å²) in [5.74, 6) is 2.05. The predicted octanol–water partition coefficient (Wildman–Crippen LogP) is 3.81. The fourth-order valence-electron chi connectivity index (χ4n) is 11.0. The number of carbonyl (C=O) groups excluding carboxylic acids is 4. The monoisotopic (exact) mass is 936 g/mol. The number of terminal acetylenes is 1. The van der Waals surface area contributed by atoms with Crippen molar-refractivity contribution in [3.05, 3.63) is 83.3 Å². The summed E-state index contributed by atoms with van der Waals surface area (Å²) in [6.07, 6.45) is 11.8. The number of rotatable bonds is 9. The largest absolute Gasteiger partial charge is 0.483 e. The molecule has 5 saturated heterocycles. The molecule has 18 heteroatoms. The molecule has 2 aromatic heterocycles. The maximum atomic E-state index is 16.9. The molecule has 2 bridgehead atoms. The first-order valence-electron chi connectivity index (χ1n) is 23.7. The summed E-state index contributed by atoms with van der Waals surface area (Å²) in [5.41, 5.74) is 4.05. The zero-order valence-corrected chi connectivity index (χ0v) is 38.1. The Hall–Kier alpha value is -7.23. The Kier molecular flexibility index (Phi) is 12.8. The normalized spacial score (nSPS) is 21.7. The Labute approximate surface area is 398 Å². The van der Waals surface area contributed by atoms with Crippen LogP contribution in [0.25, 0.3) is 32.9 Å². The lowest BCUT2D eigenvalue weighted by Gasteiger charge is -2.39. The summed E-state index contributed by atoms with van der Waals surface area (Å²) in [4.78, 5) is 84.1. The van der Waals surface area contributed by atoms with E-state index in [9.17, 15) is 19.2 Å². The highest BCUT2D eigenvalue weighted by Gasteiger charge is 2.40. The minimum atomic E-state index is -0.647. The molecule has 0 saturated carbocycles. The van der Waals surface area contributed by atoms with E-state index in [1.165, 1.54) is 0 Å². The van der Waals surface area contributed by atoms with Crippen molar-refractivity contribution in [2.75, 3.05) is 75.3 Å². The van der Waals surface area contributed by atoms with Crippen LogP contribution >= 0.6 is 0 Å². The molecule has 0 radical (unpaired) electrons. The van der Waals surface area contributed by atoms with Crippen LogP contribution in [0.2, 0.25) is 0 Å². The second kappa shape index (κ2) is 19.4. The predicted molar refractivity (Wildman–Crippen MR) is 255 cm³/mol. The van der Waals surface area contributed by atoms with Gasteiger partial charge in [-0.1, -0.05) is 36.3 Å². The number of carbonyl (C=O) groups is 5. The fraction of sp³-hybridized carbons (Fsp3) is 0.412. The van der Waals surface area contributed by atoms with E-state index in [-0.39, 0.29) is 53.8 Å². The maximum Gasteiger partial charge on any atom is 0.319 e. The molecule has 6 aliphatic heterocycles. The summed E-state index contributed by atoms with van der Waals surface area (Å²) >= 11 is 0. The summed E-state index contributed by atoms with van der Waals surface area (Å²) in [6.45, 7) is 6.58. The third kappa shape index (κ3) is 8.99. The van der Waals surface area contributed by atoms with Crippen molar-refractivity contribution in [3.8, 4) is 29.6 Å². The summed E-state index contributed by atoms with van der Waals surface area (Å²) in [5, 5.41) is 15.1. The maximum absolute atomic E-state index is 16.9. The third-order valence-corrected chi connectivity index (χ3v) is 14.5. The molecule has 0 aliphatic carbocycles. The van der Waals surface area contributed by atoms with Gasteiger partial charge in [-0.15, -0.1) is 6.42 Å². The highest BCUT2D eigenvalue weighted by Crippen LogP contribution is 2.38. The molecule has 8 heterocycles. The van der Waals surface area contributed by atoms with E-state index < -0.39 is 17.8 Å². The Morgan fingerprint density at radius 3 is 2.38 bits per heavy atom. The number of nitrogens with one attached hydrogen (secondary N) is 2. The number of hydrogen-bond donors (Lipinski definition) is 3. The molecule has 6 aliphatic rings. The molecule has 69 heavy (non-hydrogen) atoms. The molecular weight excluding hydrogens is 884 g/mol. The first kappa shape index (κ1) is 45.5. The van der Waals surface area contributed by atoms with Crippen LogP contribution in [0.3, 0.4) is 0 Å². The molecule has 3 aromatic carbocycles. The van der Waals surface area contributed by atoms with Gasteiger partial charge in [-0.25, -0.2) is 4.39 Å². The number of carboxylic acid groups (broad SMARTS) is 1. The average Bonchev–Trinajstić information content (AvgIpc) is 3.89. The molecule has 5 fully saturated rings. The number of benzene rings is 3. The van der Waals surface area contributed by atoms with Gasteiger partial charge in [-0.3, -0.25) is 39.2 Å². The minimum absolute atomic E-state index is 0.0589. The lowest BCUT2D eigenvalue weighted by Crippen LogP contribution is -2.52. The van der Waals surface area contributed by atoms with Crippen LogP contribution in [0.5, 0.6) is 6.01 Å². The number of ether oxygens (including phenoxy) is 1. The van der Waals surface area contributed by atoms with E-state index in [0.717, 1.165) is 73.9 Å². The first-order chi connectivity index (χ1) is 33.6. The zero-order valence-electron chi connectivity index (χ0n) is 38.1. The number of amides is 4. The molecule has 4 amide bonds. The quantitative estimate of drug-likeness (QED) is 0.110. The number of piperazine rings is 2. The number of halogens is 1. The fourth-order valence-corrected chi connectivity index (χ4v) is 11.0. The van der Waals surface area contributed by atoms with Crippen molar-refractivity contribution in [3.63, 3.8) is 0 Å². The number of imide groups is 1. The Morgan fingerprint density at radius 1 is 0.913 bits per heavy atom. The van der Waals surface area contributed by atoms with Gasteiger partial charge in [-0.2, -0.15) is 9.97 Å². The first-order valence-corrected chi connectivity index (χ1v) is 23.7. The molecule has 356 valence electrons. The van der Waals surface area contributed by atoms with Crippen molar-refractivity contribution in [2.24, 2.45) is 5.92 Å². The summed E-state index contributed by atoms with van der Waals surface area (Å²) < 4.78 is 23.2. The van der Waals surface area contributed by atoms with Gasteiger partial charge < -0.3 is 34.8 Å². The Balaban J connectivity index is 0.00000180. The number of pyridine rings is 1. The number of aromatic nitrogens is 3. The number of fused-ring (bicyclic) bond motifs is 5. The van der Waals surface area contributed by atoms with E-state index in [0.29, 0.717) is 92.3 Å². The second-order valence-corrected chi connectivity index (χ2v) is 18.5. The Bertz CT molecular complexity index is 2880. The van der Waals surface area contributed by atoms with E-state index in [1.54, 1.807) is 11.1 Å². The van der Waals surface area contributed by atoms with Crippen LogP contribution in [0.4, 0.5) is 15.9 Å². The third-order valence-electron chi connectivity index (χ3n) is 14.5. The molecular formula is C51H53FN10O7. The molecule has 3 N–H and O–H groups in total. The van der Waals surface area contributed by atoms with Gasteiger partial charge in [0.1, 0.15) is 29.7 Å². The van der Waals surface area contributed by atoms with Gasteiger partial charge in [0.05, 0.1) is 5.39 Å². The van der Waals surface area contributed by atoms with Crippen LogP contribution < -0.4 is 25.2 Å². The van der Waals surface area contributed by atoms with Crippen LogP contribution in [0.1, 0.15) is 60.0 Å². The number of hydrogen-bond acceptors (Lipinski definition) is 13. The number of nitrogens with zero attached hydrogens (tertiary/aromatic N) is 8. The smallest absolute Gasteiger partial charge is 0.319 e. The molecule has 5 aromatic rings. The van der Waals surface area contributed by atoms with Crippen LogP contribution in [-0.2, 0) is 25.7 Å². The Morgan fingerprint density at radius 2 is 1.65 bits per heavy atom. The van der Waals surface area contributed by atoms with Gasteiger partial charge in [0.25, 0.3) is 12.4 Å².